The Morgan fingerprint density at radius 1 is 0.757 bits per heavy atom. The Balaban J connectivity index is 1.21. The van der Waals surface area contributed by atoms with Crippen molar-refractivity contribution >= 4 is 28.9 Å². The lowest BCUT2D eigenvalue weighted by Gasteiger charge is -2.40. The first kappa shape index (κ1) is 23.0. The van der Waals surface area contributed by atoms with Crippen LogP contribution in [0, 0.1) is 0 Å². The number of benzene rings is 4. The molecular formula is C31H26FN3O2. The molecule has 1 N–H and O–H groups in total. The van der Waals surface area contributed by atoms with E-state index in [4.69, 9.17) is 0 Å². The molecule has 0 spiro atoms. The Hall–Kier alpha value is -4.45. The number of nitrogens with zero attached hydrogens (tertiary/aromatic N) is 2. The van der Waals surface area contributed by atoms with Crippen LogP contribution < -0.4 is 15.1 Å². The van der Waals surface area contributed by atoms with Gasteiger partial charge in [0.05, 0.1) is 17.4 Å². The normalized spacial score (nSPS) is 18.2. The zero-order valence-electron chi connectivity index (χ0n) is 20.2. The quantitative estimate of drug-likeness (QED) is 0.371. The molecule has 6 heteroatoms. The van der Waals surface area contributed by atoms with Crippen LogP contribution in [-0.4, -0.2) is 37.1 Å². The lowest BCUT2D eigenvalue weighted by Crippen LogP contribution is -2.48. The third-order valence-electron chi connectivity index (χ3n) is 7.13. The number of amides is 2. The Morgan fingerprint density at radius 2 is 1.43 bits per heavy atom. The van der Waals surface area contributed by atoms with Gasteiger partial charge in [-0.05, 0) is 53.6 Å². The molecule has 0 aromatic heterocycles. The number of fused-ring (bicyclic) bond motifs is 3. The standard InChI is InChI=1S/C31H26FN3O2/c32-23-18-25-20-35(29-13-7-6-12-28(29)34(25)19-23)31(37)22-14-16-24(17-15-22)33-30(36)27-11-5-4-10-26(27)21-8-2-1-3-9-21/h1-17,23,25H,18-20H2,(H,33,36)/t23?,25-/m1/s1. The van der Waals surface area contributed by atoms with E-state index in [1.54, 1.807) is 35.2 Å². The molecule has 0 bridgehead atoms. The first-order valence-corrected chi connectivity index (χ1v) is 12.5. The van der Waals surface area contributed by atoms with Gasteiger partial charge >= 0.3 is 0 Å². The summed E-state index contributed by atoms with van der Waals surface area (Å²) in [5.41, 5.74) is 5.21. The highest BCUT2D eigenvalue weighted by atomic mass is 19.1. The number of hydrogen-bond acceptors (Lipinski definition) is 3. The fraction of sp³-hybridized carbons (Fsp3) is 0.161. The van der Waals surface area contributed by atoms with Crippen LogP contribution in [0.4, 0.5) is 21.5 Å². The van der Waals surface area contributed by atoms with Gasteiger partial charge in [-0.2, -0.15) is 0 Å². The first-order valence-electron chi connectivity index (χ1n) is 12.5. The Morgan fingerprint density at radius 3 is 2.22 bits per heavy atom. The van der Waals surface area contributed by atoms with Crippen molar-refractivity contribution in [3.63, 3.8) is 0 Å². The van der Waals surface area contributed by atoms with E-state index in [1.165, 1.54) is 0 Å². The highest BCUT2D eigenvalue weighted by Crippen LogP contribution is 2.40. The van der Waals surface area contributed by atoms with E-state index < -0.39 is 6.17 Å². The highest BCUT2D eigenvalue weighted by Gasteiger charge is 2.40. The summed E-state index contributed by atoms with van der Waals surface area (Å²) in [5, 5.41) is 2.95. The van der Waals surface area contributed by atoms with Gasteiger partial charge in [-0.3, -0.25) is 9.59 Å². The summed E-state index contributed by atoms with van der Waals surface area (Å²) >= 11 is 0. The number of halogens is 1. The van der Waals surface area contributed by atoms with Gasteiger partial charge in [-0.1, -0.05) is 60.7 Å². The van der Waals surface area contributed by atoms with Crippen LogP contribution >= 0.6 is 0 Å². The molecule has 2 aliphatic rings. The van der Waals surface area contributed by atoms with Crippen LogP contribution in [0.2, 0.25) is 0 Å². The van der Waals surface area contributed by atoms with Crippen LogP contribution in [0.25, 0.3) is 11.1 Å². The molecule has 4 aromatic carbocycles. The van der Waals surface area contributed by atoms with Crippen molar-refractivity contribution in [2.45, 2.75) is 18.6 Å². The van der Waals surface area contributed by atoms with E-state index >= 15 is 0 Å². The second-order valence-electron chi connectivity index (χ2n) is 9.49. The smallest absolute Gasteiger partial charge is 0.258 e. The van der Waals surface area contributed by atoms with Crippen LogP contribution in [0.15, 0.2) is 103 Å². The zero-order chi connectivity index (χ0) is 25.4. The van der Waals surface area contributed by atoms with Gasteiger partial charge in [-0.15, -0.1) is 0 Å². The molecule has 184 valence electrons. The average molecular weight is 492 g/mol. The summed E-state index contributed by atoms with van der Waals surface area (Å²) in [6, 6.07) is 31.9. The molecular weight excluding hydrogens is 465 g/mol. The molecule has 2 aliphatic heterocycles. The first-order chi connectivity index (χ1) is 18.1. The molecule has 2 atom stereocenters. The number of carbonyl (C=O) groups excluding carboxylic acids is 2. The minimum Gasteiger partial charge on any atom is -0.362 e. The van der Waals surface area contributed by atoms with E-state index in [0.29, 0.717) is 36.3 Å². The minimum absolute atomic E-state index is 0.0305. The summed E-state index contributed by atoms with van der Waals surface area (Å²) in [4.78, 5) is 30.5. The topological polar surface area (TPSA) is 52.7 Å². The molecule has 6 rings (SSSR count). The van der Waals surface area contributed by atoms with Crippen molar-refractivity contribution in [1.29, 1.82) is 0 Å². The lowest BCUT2D eigenvalue weighted by atomic mass is 9.99. The molecule has 37 heavy (non-hydrogen) atoms. The summed E-state index contributed by atoms with van der Waals surface area (Å²) < 4.78 is 14.2. The van der Waals surface area contributed by atoms with Crippen molar-refractivity contribution in [3.05, 3.63) is 114 Å². The molecule has 1 unspecified atom stereocenters. The average Bonchev–Trinajstić information content (AvgIpc) is 3.33. The molecule has 5 nitrogen and oxygen atoms in total. The molecule has 2 amide bonds. The van der Waals surface area contributed by atoms with E-state index in [-0.39, 0.29) is 17.9 Å². The summed E-state index contributed by atoms with van der Waals surface area (Å²) in [6.07, 6.45) is -0.462. The summed E-state index contributed by atoms with van der Waals surface area (Å²) in [5.74, 6) is -0.354. The van der Waals surface area contributed by atoms with Gasteiger partial charge in [0.25, 0.3) is 11.8 Å². The van der Waals surface area contributed by atoms with Crippen LogP contribution in [-0.2, 0) is 0 Å². The Kier molecular flexibility index (Phi) is 5.93. The van der Waals surface area contributed by atoms with Crippen molar-refractivity contribution in [2.75, 3.05) is 28.2 Å². The molecule has 0 saturated carbocycles. The molecule has 1 saturated heterocycles. The monoisotopic (exact) mass is 491 g/mol. The van der Waals surface area contributed by atoms with Crippen LogP contribution in [0.1, 0.15) is 27.1 Å². The van der Waals surface area contributed by atoms with Gasteiger partial charge in [-0.25, -0.2) is 4.39 Å². The second kappa shape index (κ2) is 9.54. The lowest BCUT2D eigenvalue weighted by molar-refractivity contribution is 0.0983. The summed E-state index contributed by atoms with van der Waals surface area (Å²) in [7, 11) is 0. The van der Waals surface area contributed by atoms with Gasteiger partial charge in [0.15, 0.2) is 0 Å². The second-order valence-corrected chi connectivity index (χ2v) is 9.49. The van der Waals surface area contributed by atoms with Crippen LogP contribution in [0.5, 0.6) is 0 Å². The minimum atomic E-state index is -0.886. The van der Waals surface area contributed by atoms with Gasteiger partial charge in [0.2, 0.25) is 0 Å². The maximum atomic E-state index is 14.2. The van der Waals surface area contributed by atoms with Gasteiger partial charge in [0.1, 0.15) is 6.17 Å². The number of carbonyl (C=O) groups is 2. The largest absolute Gasteiger partial charge is 0.362 e. The third kappa shape index (κ3) is 4.35. The number of nitrogens with one attached hydrogen (secondary N) is 1. The van der Waals surface area contributed by atoms with Crippen molar-refractivity contribution in [1.82, 2.24) is 0 Å². The summed E-state index contributed by atoms with van der Waals surface area (Å²) in [6.45, 7) is 0.816. The number of hydrogen-bond donors (Lipinski definition) is 1. The van der Waals surface area contributed by atoms with Gasteiger partial charge in [0, 0.05) is 36.3 Å². The van der Waals surface area contributed by atoms with E-state index in [9.17, 15) is 14.0 Å². The number of alkyl halides is 1. The van der Waals surface area contributed by atoms with Crippen molar-refractivity contribution in [3.8, 4) is 11.1 Å². The number of rotatable bonds is 4. The van der Waals surface area contributed by atoms with Crippen molar-refractivity contribution in [2.24, 2.45) is 0 Å². The number of para-hydroxylation sites is 2. The predicted molar refractivity (Wildman–Crippen MR) is 145 cm³/mol. The third-order valence-corrected chi connectivity index (χ3v) is 7.13. The molecule has 0 radical (unpaired) electrons. The van der Waals surface area contributed by atoms with Gasteiger partial charge < -0.3 is 15.1 Å². The molecule has 1 fully saturated rings. The fourth-order valence-electron chi connectivity index (χ4n) is 5.37. The van der Waals surface area contributed by atoms with E-state index in [2.05, 4.69) is 10.2 Å². The Bertz CT molecular complexity index is 1460. The SMILES string of the molecule is O=C(Nc1ccc(C(=O)N2C[C@H]3CC(F)CN3c3ccccc32)cc1)c1ccccc1-c1ccccc1. The van der Waals surface area contributed by atoms with E-state index in [1.807, 2.05) is 72.8 Å². The number of anilines is 3. The zero-order valence-corrected chi connectivity index (χ0v) is 20.2. The molecule has 0 aliphatic carbocycles. The fourth-order valence-corrected chi connectivity index (χ4v) is 5.37. The van der Waals surface area contributed by atoms with Crippen LogP contribution in [0.3, 0.4) is 0 Å². The predicted octanol–water partition coefficient (Wildman–Crippen LogP) is 6.18. The van der Waals surface area contributed by atoms with Crippen molar-refractivity contribution < 1.29 is 14.0 Å². The maximum absolute atomic E-state index is 14.2. The molecule has 2 heterocycles. The van der Waals surface area contributed by atoms with E-state index in [0.717, 1.165) is 22.5 Å². The molecule has 4 aromatic rings. The maximum Gasteiger partial charge on any atom is 0.258 e. The highest BCUT2D eigenvalue weighted by molar-refractivity contribution is 6.10. The Labute approximate surface area is 215 Å².